The average molecular weight is 410 g/mol. The number of halogens is 1. The summed E-state index contributed by atoms with van der Waals surface area (Å²) in [4.78, 5) is 27.4. The quantitative estimate of drug-likeness (QED) is 0.691. The van der Waals surface area contributed by atoms with Gasteiger partial charge in [-0.2, -0.15) is 0 Å². The summed E-state index contributed by atoms with van der Waals surface area (Å²) in [5.74, 6) is -0.0255. The summed E-state index contributed by atoms with van der Waals surface area (Å²) in [6.45, 7) is 2.39. The van der Waals surface area contributed by atoms with Gasteiger partial charge in [0.15, 0.2) is 6.10 Å². The molecule has 0 aliphatic carbocycles. The van der Waals surface area contributed by atoms with Gasteiger partial charge in [-0.15, -0.1) is 11.3 Å². The number of hydrogen-bond donors (Lipinski definition) is 1. The normalized spacial score (nSPS) is 16.0. The molecule has 0 bridgehead atoms. The van der Waals surface area contributed by atoms with Crippen LogP contribution in [0.15, 0.2) is 60.0 Å². The van der Waals surface area contributed by atoms with Gasteiger partial charge in [-0.3, -0.25) is 9.59 Å². The number of carbonyl (C=O) groups excluding carboxylic acids is 2. The number of anilines is 1. The number of fused-ring (bicyclic) bond motifs is 1. The van der Waals surface area contributed by atoms with Gasteiger partial charge in [0.1, 0.15) is 11.6 Å². The molecule has 0 unspecified atom stereocenters. The van der Waals surface area contributed by atoms with Crippen LogP contribution in [0.25, 0.3) is 0 Å². The van der Waals surface area contributed by atoms with Crippen molar-refractivity contribution < 1.29 is 18.7 Å². The first kappa shape index (κ1) is 19.1. The van der Waals surface area contributed by atoms with E-state index in [1.807, 2.05) is 17.5 Å². The van der Waals surface area contributed by atoms with Crippen molar-refractivity contribution in [2.75, 3.05) is 5.32 Å². The number of rotatable bonds is 4. The van der Waals surface area contributed by atoms with Gasteiger partial charge in [-0.25, -0.2) is 4.39 Å². The molecule has 148 valence electrons. The van der Waals surface area contributed by atoms with E-state index < -0.39 is 6.10 Å². The third-order valence-electron chi connectivity index (χ3n) is 4.67. The van der Waals surface area contributed by atoms with Crippen molar-refractivity contribution in [2.24, 2.45) is 0 Å². The third-order valence-corrected chi connectivity index (χ3v) is 5.54. The molecule has 2 amide bonds. The van der Waals surface area contributed by atoms with Crippen LogP contribution in [0.4, 0.5) is 10.1 Å². The van der Waals surface area contributed by atoms with Crippen LogP contribution in [0.1, 0.15) is 27.7 Å². The molecular formula is C22H19FN2O3S. The standard InChI is InChI=1S/C22H19FN2O3S/c1-14-22(27)25(12-15-4-6-17(23)7-5-15)13-16-11-18(8-9-19(16)28-14)24-21(26)20-3-2-10-29-20/h2-11,14H,12-13H2,1H3,(H,24,26)/t14-/m1/s1. The van der Waals surface area contributed by atoms with Crippen LogP contribution >= 0.6 is 11.3 Å². The van der Waals surface area contributed by atoms with Crippen molar-refractivity contribution in [1.29, 1.82) is 0 Å². The van der Waals surface area contributed by atoms with E-state index >= 15 is 0 Å². The van der Waals surface area contributed by atoms with Gasteiger partial charge < -0.3 is 15.0 Å². The molecule has 1 aromatic heterocycles. The van der Waals surface area contributed by atoms with Gasteiger partial charge >= 0.3 is 0 Å². The van der Waals surface area contributed by atoms with Crippen molar-refractivity contribution in [2.45, 2.75) is 26.1 Å². The molecule has 1 N–H and O–H groups in total. The summed E-state index contributed by atoms with van der Waals surface area (Å²) in [5, 5.41) is 4.73. The van der Waals surface area contributed by atoms with E-state index in [4.69, 9.17) is 4.74 Å². The fourth-order valence-corrected chi connectivity index (χ4v) is 3.84. The number of carbonyl (C=O) groups is 2. The summed E-state index contributed by atoms with van der Waals surface area (Å²) < 4.78 is 19.0. The fourth-order valence-electron chi connectivity index (χ4n) is 3.22. The maximum atomic E-state index is 13.2. The first-order valence-corrected chi connectivity index (χ1v) is 10.1. The molecule has 2 heterocycles. The third kappa shape index (κ3) is 4.30. The first-order valence-electron chi connectivity index (χ1n) is 9.17. The molecule has 7 heteroatoms. The maximum Gasteiger partial charge on any atom is 0.265 e. The monoisotopic (exact) mass is 410 g/mol. The van der Waals surface area contributed by atoms with E-state index in [1.165, 1.54) is 23.5 Å². The van der Waals surface area contributed by atoms with Gasteiger partial charge in [0.2, 0.25) is 0 Å². The molecule has 1 aliphatic heterocycles. The van der Waals surface area contributed by atoms with Crippen LogP contribution in [0.2, 0.25) is 0 Å². The minimum Gasteiger partial charge on any atom is -0.481 e. The second-order valence-electron chi connectivity index (χ2n) is 6.83. The second-order valence-corrected chi connectivity index (χ2v) is 7.78. The molecule has 0 radical (unpaired) electrons. The zero-order chi connectivity index (χ0) is 20.4. The number of nitrogens with zero attached hydrogens (tertiary/aromatic N) is 1. The molecule has 0 saturated carbocycles. The highest BCUT2D eigenvalue weighted by Crippen LogP contribution is 2.29. The summed E-state index contributed by atoms with van der Waals surface area (Å²) in [6.07, 6.45) is -0.636. The number of benzene rings is 2. The van der Waals surface area contributed by atoms with E-state index in [2.05, 4.69) is 5.32 Å². The van der Waals surface area contributed by atoms with Crippen molar-refractivity contribution in [1.82, 2.24) is 4.90 Å². The van der Waals surface area contributed by atoms with Crippen LogP contribution in [-0.2, 0) is 17.9 Å². The highest BCUT2D eigenvalue weighted by Gasteiger charge is 2.28. The molecule has 5 nitrogen and oxygen atoms in total. The Kier molecular flexibility index (Phi) is 5.31. The summed E-state index contributed by atoms with van der Waals surface area (Å²) >= 11 is 1.37. The van der Waals surface area contributed by atoms with E-state index in [-0.39, 0.29) is 17.6 Å². The Hall–Kier alpha value is -3.19. The highest BCUT2D eigenvalue weighted by atomic mass is 32.1. The smallest absolute Gasteiger partial charge is 0.265 e. The Morgan fingerprint density at radius 2 is 2.03 bits per heavy atom. The lowest BCUT2D eigenvalue weighted by molar-refractivity contribution is -0.138. The Labute approximate surface area is 171 Å². The summed E-state index contributed by atoms with van der Waals surface area (Å²) in [5.41, 5.74) is 2.26. The lowest BCUT2D eigenvalue weighted by Gasteiger charge is -2.22. The van der Waals surface area contributed by atoms with Crippen molar-refractivity contribution >= 4 is 28.8 Å². The predicted molar refractivity (Wildman–Crippen MR) is 109 cm³/mol. The first-order chi connectivity index (χ1) is 14.0. The minimum atomic E-state index is -0.636. The Morgan fingerprint density at radius 1 is 1.24 bits per heavy atom. The zero-order valence-corrected chi connectivity index (χ0v) is 16.5. The predicted octanol–water partition coefficient (Wildman–Crippen LogP) is 4.45. The van der Waals surface area contributed by atoms with Crippen LogP contribution in [0.5, 0.6) is 5.75 Å². The largest absolute Gasteiger partial charge is 0.481 e. The number of ether oxygens (including phenoxy) is 1. The van der Waals surface area contributed by atoms with Crippen molar-refractivity contribution in [3.05, 3.63) is 81.8 Å². The van der Waals surface area contributed by atoms with Crippen molar-refractivity contribution in [3.8, 4) is 5.75 Å². The topological polar surface area (TPSA) is 58.6 Å². The number of thiophene rings is 1. The lowest BCUT2D eigenvalue weighted by atomic mass is 10.1. The van der Waals surface area contributed by atoms with E-state index in [1.54, 1.807) is 42.2 Å². The lowest BCUT2D eigenvalue weighted by Crippen LogP contribution is -2.37. The van der Waals surface area contributed by atoms with Crippen LogP contribution in [0, 0.1) is 5.82 Å². The Morgan fingerprint density at radius 3 is 2.76 bits per heavy atom. The average Bonchev–Trinajstić information content (AvgIpc) is 3.22. The zero-order valence-electron chi connectivity index (χ0n) is 15.7. The molecule has 0 saturated heterocycles. The number of amides is 2. The number of nitrogens with one attached hydrogen (secondary N) is 1. The highest BCUT2D eigenvalue weighted by molar-refractivity contribution is 7.12. The minimum absolute atomic E-state index is 0.144. The Bertz CT molecular complexity index is 1030. The second kappa shape index (κ2) is 8.05. The van der Waals surface area contributed by atoms with Gasteiger partial charge in [0.05, 0.1) is 4.88 Å². The molecule has 29 heavy (non-hydrogen) atoms. The fraction of sp³-hybridized carbons (Fsp3) is 0.182. The molecule has 1 atom stereocenters. The summed E-state index contributed by atoms with van der Waals surface area (Å²) in [7, 11) is 0. The number of hydrogen-bond acceptors (Lipinski definition) is 4. The van der Waals surface area contributed by atoms with Gasteiger partial charge in [-0.1, -0.05) is 18.2 Å². The van der Waals surface area contributed by atoms with Crippen LogP contribution in [0.3, 0.4) is 0 Å². The molecule has 4 rings (SSSR count). The summed E-state index contributed by atoms with van der Waals surface area (Å²) in [6, 6.07) is 15.0. The molecule has 0 fully saturated rings. The SMILES string of the molecule is C[C@H]1Oc2ccc(NC(=O)c3cccs3)cc2CN(Cc2ccc(F)cc2)C1=O. The van der Waals surface area contributed by atoms with Crippen molar-refractivity contribution in [3.63, 3.8) is 0 Å². The molecule has 2 aromatic carbocycles. The van der Waals surface area contributed by atoms with E-state index in [9.17, 15) is 14.0 Å². The molecule has 0 spiro atoms. The molecule has 1 aliphatic rings. The van der Waals surface area contributed by atoms with E-state index in [0.29, 0.717) is 29.4 Å². The van der Waals surface area contributed by atoms with Gasteiger partial charge in [0.25, 0.3) is 11.8 Å². The van der Waals surface area contributed by atoms with Gasteiger partial charge in [0, 0.05) is 24.3 Å². The molecule has 3 aromatic rings. The Balaban J connectivity index is 1.57. The van der Waals surface area contributed by atoms with Crippen LogP contribution < -0.4 is 10.1 Å². The maximum absolute atomic E-state index is 13.2. The van der Waals surface area contributed by atoms with Gasteiger partial charge in [-0.05, 0) is 54.3 Å². The van der Waals surface area contributed by atoms with Crippen LogP contribution in [-0.4, -0.2) is 22.8 Å². The molecular weight excluding hydrogens is 391 g/mol. The van der Waals surface area contributed by atoms with E-state index in [0.717, 1.165) is 11.1 Å².